The van der Waals surface area contributed by atoms with Crippen molar-refractivity contribution in [1.82, 2.24) is 25.5 Å². The van der Waals surface area contributed by atoms with Crippen molar-refractivity contribution >= 4 is 35.0 Å². The minimum atomic E-state index is -0.277. The van der Waals surface area contributed by atoms with Gasteiger partial charge in [0.15, 0.2) is 5.82 Å². The van der Waals surface area contributed by atoms with E-state index >= 15 is 0 Å². The summed E-state index contributed by atoms with van der Waals surface area (Å²) in [6.45, 7) is 4.03. The number of carbonyl (C=O) groups excluding carboxylic acids is 2. The molecule has 2 saturated heterocycles. The van der Waals surface area contributed by atoms with Crippen molar-refractivity contribution in [1.29, 1.82) is 0 Å². The number of likely N-dealkylation sites (tertiary alicyclic amines) is 1. The highest BCUT2D eigenvalue weighted by atomic mass is 16.5. The Bertz CT molecular complexity index is 1120. The first-order valence-corrected chi connectivity index (χ1v) is 12.0. The average molecular weight is 481 g/mol. The average Bonchev–Trinajstić information content (AvgIpc) is 2.88. The molecule has 186 valence electrons. The van der Waals surface area contributed by atoms with Gasteiger partial charge >= 0.3 is 0 Å². The molecule has 5 rings (SSSR count). The second-order valence-electron chi connectivity index (χ2n) is 9.30. The summed E-state index contributed by atoms with van der Waals surface area (Å²) in [7, 11) is 5.42. The molecule has 11 heteroatoms. The highest BCUT2D eigenvalue weighted by Crippen LogP contribution is 2.35. The van der Waals surface area contributed by atoms with E-state index in [-0.39, 0.29) is 23.9 Å². The van der Waals surface area contributed by atoms with Crippen LogP contribution in [0.25, 0.3) is 0 Å². The Labute approximate surface area is 204 Å². The second kappa shape index (κ2) is 9.67. The molecule has 2 aromatic rings. The summed E-state index contributed by atoms with van der Waals surface area (Å²) in [4.78, 5) is 40.6. The van der Waals surface area contributed by atoms with Crippen LogP contribution in [0.3, 0.4) is 0 Å². The van der Waals surface area contributed by atoms with Crippen LogP contribution in [-0.4, -0.2) is 92.7 Å². The zero-order valence-corrected chi connectivity index (χ0v) is 20.4. The zero-order chi connectivity index (χ0) is 24.5. The van der Waals surface area contributed by atoms with E-state index in [1.165, 1.54) is 0 Å². The Morgan fingerprint density at radius 3 is 2.77 bits per heavy atom. The van der Waals surface area contributed by atoms with Gasteiger partial charge in [0.1, 0.15) is 17.5 Å². The van der Waals surface area contributed by atoms with Gasteiger partial charge in [0, 0.05) is 38.3 Å². The van der Waals surface area contributed by atoms with Crippen molar-refractivity contribution < 1.29 is 14.3 Å². The number of anilines is 4. The molecule has 0 unspecified atom stereocenters. The van der Waals surface area contributed by atoms with Crippen LogP contribution in [0.1, 0.15) is 23.2 Å². The molecule has 0 saturated carbocycles. The maximum atomic E-state index is 12.8. The molecule has 0 spiro atoms. The second-order valence-corrected chi connectivity index (χ2v) is 9.30. The summed E-state index contributed by atoms with van der Waals surface area (Å²) in [5.74, 6) is 1.57. The van der Waals surface area contributed by atoms with E-state index in [9.17, 15) is 9.59 Å². The van der Waals surface area contributed by atoms with Crippen LogP contribution in [0.4, 0.5) is 23.1 Å². The third-order valence-electron chi connectivity index (χ3n) is 7.01. The number of piperidine rings is 1. The molecule has 2 fully saturated rings. The molecular weight excluding hydrogens is 448 g/mol. The summed E-state index contributed by atoms with van der Waals surface area (Å²) in [6, 6.07) is 5.20. The lowest BCUT2D eigenvalue weighted by molar-refractivity contribution is -0.120. The summed E-state index contributed by atoms with van der Waals surface area (Å²) in [5, 5.41) is 9.63. The van der Waals surface area contributed by atoms with Crippen molar-refractivity contribution in [2.45, 2.75) is 24.9 Å². The molecule has 0 bridgehead atoms. The summed E-state index contributed by atoms with van der Waals surface area (Å²) >= 11 is 0. The number of nitrogens with zero attached hydrogens (tertiary/aromatic N) is 5. The molecule has 1 atom stereocenters. The number of aromatic nitrogens is 2. The number of piperazine rings is 1. The highest BCUT2D eigenvalue weighted by Gasteiger charge is 2.39. The molecule has 3 aliphatic rings. The topological polar surface area (TPSA) is 115 Å². The number of methoxy groups -OCH3 is 1. The molecule has 2 amide bonds. The SMILES string of the molecule is COc1cc(C(=O)NC2CCN(C)CC2)ccc1Nc1ncc2c(n1)N1CCNC[C@@H]1C(=O)N2C. The van der Waals surface area contributed by atoms with E-state index < -0.39 is 0 Å². The van der Waals surface area contributed by atoms with Crippen LogP contribution < -0.4 is 30.5 Å². The molecular formula is C24H32N8O3. The van der Waals surface area contributed by atoms with Crippen LogP contribution in [0, 0.1) is 0 Å². The lowest BCUT2D eigenvalue weighted by atomic mass is 10.0. The van der Waals surface area contributed by atoms with Crippen molar-refractivity contribution in [3.05, 3.63) is 30.0 Å². The highest BCUT2D eigenvalue weighted by molar-refractivity contribution is 6.04. The fraction of sp³-hybridized carbons (Fsp3) is 0.500. The summed E-state index contributed by atoms with van der Waals surface area (Å²) in [6.07, 6.45) is 3.56. The van der Waals surface area contributed by atoms with Gasteiger partial charge in [-0.1, -0.05) is 0 Å². The maximum absolute atomic E-state index is 12.8. The van der Waals surface area contributed by atoms with Crippen LogP contribution in [0.5, 0.6) is 5.75 Å². The number of nitrogens with one attached hydrogen (secondary N) is 3. The number of carbonyl (C=O) groups is 2. The first-order valence-electron chi connectivity index (χ1n) is 12.0. The molecule has 4 heterocycles. The van der Waals surface area contributed by atoms with Gasteiger partial charge in [-0.05, 0) is 51.2 Å². The quantitative estimate of drug-likeness (QED) is 0.572. The Kier molecular flexibility index (Phi) is 6.44. The lowest BCUT2D eigenvalue weighted by Gasteiger charge is -2.43. The van der Waals surface area contributed by atoms with Gasteiger partial charge in [-0.25, -0.2) is 4.98 Å². The molecule has 3 aliphatic heterocycles. The van der Waals surface area contributed by atoms with Gasteiger partial charge < -0.3 is 35.4 Å². The van der Waals surface area contributed by atoms with Crippen LogP contribution >= 0.6 is 0 Å². The lowest BCUT2D eigenvalue weighted by Crippen LogP contribution is -2.61. The van der Waals surface area contributed by atoms with Crippen LogP contribution in [0.15, 0.2) is 24.4 Å². The standard InChI is InChI=1S/C24H32N8O3/c1-30-9-6-16(7-10-30)27-22(33)15-4-5-17(20(12-15)35-3)28-24-26-14-18-21(29-24)32-11-8-25-13-19(32)23(34)31(18)2/h4-5,12,14,16,19,25H,6-11,13H2,1-3H3,(H,27,33)(H,26,28,29)/t19-/m1/s1. The number of rotatable bonds is 5. The predicted molar refractivity (Wildman–Crippen MR) is 134 cm³/mol. The summed E-state index contributed by atoms with van der Waals surface area (Å²) < 4.78 is 5.57. The molecule has 3 N–H and O–H groups in total. The van der Waals surface area contributed by atoms with Gasteiger partial charge in [-0.2, -0.15) is 4.98 Å². The van der Waals surface area contributed by atoms with Gasteiger partial charge in [-0.3, -0.25) is 9.59 Å². The Hall–Kier alpha value is -3.44. The third kappa shape index (κ3) is 4.61. The fourth-order valence-electron chi connectivity index (χ4n) is 4.87. The Balaban J connectivity index is 1.34. The third-order valence-corrected chi connectivity index (χ3v) is 7.01. The van der Waals surface area contributed by atoms with Crippen molar-refractivity contribution in [2.75, 3.05) is 69.0 Å². The van der Waals surface area contributed by atoms with Crippen molar-refractivity contribution in [3.63, 3.8) is 0 Å². The van der Waals surface area contributed by atoms with E-state index in [2.05, 4.69) is 32.9 Å². The molecule has 11 nitrogen and oxygen atoms in total. The van der Waals surface area contributed by atoms with E-state index in [1.807, 2.05) is 4.90 Å². The number of hydrogen-bond donors (Lipinski definition) is 3. The number of benzene rings is 1. The molecule has 1 aromatic heterocycles. The van der Waals surface area contributed by atoms with E-state index in [0.29, 0.717) is 41.7 Å². The first-order chi connectivity index (χ1) is 16.9. The number of likely N-dealkylation sites (N-methyl/N-ethyl adjacent to an activating group) is 1. The van der Waals surface area contributed by atoms with Gasteiger partial charge in [-0.15, -0.1) is 0 Å². The number of amides is 2. The van der Waals surface area contributed by atoms with E-state index in [4.69, 9.17) is 9.72 Å². The number of fused-ring (bicyclic) bond motifs is 3. The monoisotopic (exact) mass is 480 g/mol. The Morgan fingerprint density at radius 2 is 2.00 bits per heavy atom. The zero-order valence-electron chi connectivity index (χ0n) is 20.4. The van der Waals surface area contributed by atoms with Crippen molar-refractivity contribution in [2.24, 2.45) is 0 Å². The summed E-state index contributed by atoms with van der Waals surface area (Å²) in [5.41, 5.74) is 1.88. The van der Waals surface area contributed by atoms with Crippen LogP contribution in [0.2, 0.25) is 0 Å². The molecule has 35 heavy (non-hydrogen) atoms. The molecule has 0 radical (unpaired) electrons. The fourth-order valence-corrected chi connectivity index (χ4v) is 4.87. The normalized spacial score (nSPS) is 20.8. The van der Waals surface area contributed by atoms with E-state index in [0.717, 1.165) is 38.3 Å². The smallest absolute Gasteiger partial charge is 0.251 e. The minimum Gasteiger partial charge on any atom is -0.495 e. The number of ether oxygens (including phenoxy) is 1. The largest absolute Gasteiger partial charge is 0.495 e. The molecule has 0 aliphatic carbocycles. The van der Waals surface area contributed by atoms with Crippen molar-refractivity contribution in [3.8, 4) is 5.75 Å². The van der Waals surface area contributed by atoms with Gasteiger partial charge in [0.2, 0.25) is 5.95 Å². The van der Waals surface area contributed by atoms with Gasteiger partial charge in [0.05, 0.1) is 19.0 Å². The number of hydrogen-bond acceptors (Lipinski definition) is 9. The minimum absolute atomic E-state index is 0.0322. The first kappa shape index (κ1) is 23.3. The van der Waals surface area contributed by atoms with Crippen LogP contribution in [-0.2, 0) is 4.79 Å². The predicted octanol–water partition coefficient (Wildman–Crippen LogP) is 0.807. The molecule has 1 aromatic carbocycles. The Morgan fingerprint density at radius 1 is 1.20 bits per heavy atom. The van der Waals surface area contributed by atoms with E-state index in [1.54, 1.807) is 43.5 Å². The van der Waals surface area contributed by atoms with Gasteiger partial charge in [0.25, 0.3) is 11.8 Å². The maximum Gasteiger partial charge on any atom is 0.251 e.